The molecule has 0 fully saturated rings. The third-order valence-electron chi connectivity index (χ3n) is 5.69. The van der Waals surface area contributed by atoms with Crippen molar-refractivity contribution in [3.63, 3.8) is 0 Å². The number of hydrogen-bond donors (Lipinski definition) is 3. The zero-order chi connectivity index (χ0) is 24.0. The highest BCUT2D eigenvalue weighted by Crippen LogP contribution is 2.34. The number of hydrogen-bond acceptors (Lipinski definition) is 3. The van der Waals surface area contributed by atoms with Crippen molar-refractivity contribution in [1.82, 2.24) is 0 Å². The summed E-state index contributed by atoms with van der Waals surface area (Å²) in [6, 6.07) is 18.2. The zero-order valence-corrected chi connectivity index (χ0v) is 18.4. The lowest BCUT2D eigenvalue weighted by atomic mass is 9.80. The molecule has 6 heteroatoms. The fraction of sp³-hybridized carbons (Fsp3) is 0.222. The molecule has 170 valence electrons. The van der Waals surface area contributed by atoms with Crippen LogP contribution in [0.25, 0.3) is 0 Å². The third-order valence-corrected chi connectivity index (χ3v) is 5.69. The van der Waals surface area contributed by atoms with Crippen molar-refractivity contribution in [3.05, 3.63) is 105 Å². The van der Waals surface area contributed by atoms with Gasteiger partial charge in [-0.15, -0.1) is 0 Å². The first-order valence-corrected chi connectivity index (χ1v) is 10.8. The van der Waals surface area contributed by atoms with E-state index in [0.29, 0.717) is 18.4 Å². The molecule has 0 radical (unpaired) electrons. The molecular formula is C27H26O6. The number of aromatic carboxylic acids is 3. The minimum absolute atomic E-state index is 0.0805. The summed E-state index contributed by atoms with van der Waals surface area (Å²) in [4.78, 5) is 37.3. The van der Waals surface area contributed by atoms with Gasteiger partial charge in [-0.2, -0.15) is 0 Å². The lowest BCUT2D eigenvalue weighted by Gasteiger charge is -2.22. The van der Waals surface area contributed by atoms with Crippen LogP contribution in [0.2, 0.25) is 0 Å². The van der Waals surface area contributed by atoms with Crippen molar-refractivity contribution in [2.75, 3.05) is 0 Å². The molecule has 3 aromatic carbocycles. The van der Waals surface area contributed by atoms with Crippen LogP contribution in [0.15, 0.2) is 60.7 Å². The molecule has 3 rings (SSSR count). The maximum Gasteiger partial charge on any atom is 0.336 e. The Morgan fingerprint density at radius 3 is 1.39 bits per heavy atom. The summed E-state index contributed by atoms with van der Waals surface area (Å²) in [7, 11) is 0. The normalized spacial score (nSPS) is 10.7. The molecule has 33 heavy (non-hydrogen) atoms. The van der Waals surface area contributed by atoms with Gasteiger partial charge in [-0.3, -0.25) is 0 Å². The average Bonchev–Trinajstić information content (AvgIpc) is 2.79. The lowest BCUT2D eigenvalue weighted by Crippen LogP contribution is -2.22. The van der Waals surface area contributed by atoms with Gasteiger partial charge in [0.15, 0.2) is 0 Å². The highest BCUT2D eigenvalue weighted by molar-refractivity contribution is 6.07. The van der Waals surface area contributed by atoms with E-state index >= 15 is 0 Å². The molecule has 0 spiro atoms. The maximum atomic E-state index is 12.5. The van der Waals surface area contributed by atoms with E-state index in [0.717, 1.165) is 11.1 Å². The monoisotopic (exact) mass is 446 g/mol. The van der Waals surface area contributed by atoms with Gasteiger partial charge in [-0.1, -0.05) is 74.0 Å². The summed E-state index contributed by atoms with van der Waals surface area (Å²) < 4.78 is 0. The Kier molecular flexibility index (Phi) is 7.61. The smallest absolute Gasteiger partial charge is 0.336 e. The lowest BCUT2D eigenvalue weighted by molar-refractivity contribution is 0.0646. The first-order valence-electron chi connectivity index (χ1n) is 10.8. The molecule has 0 atom stereocenters. The van der Waals surface area contributed by atoms with E-state index in [2.05, 4.69) is 0 Å². The summed E-state index contributed by atoms with van der Waals surface area (Å²) in [6.07, 6.45) is 1.72. The van der Waals surface area contributed by atoms with E-state index < -0.39 is 23.5 Å². The predicted octanol–water partition coefficient (Wildman–Crippen LogP) is 5.31. The van der Waals surface area contributed by atoms with Crippen molar-refractivity contribution >= 4 is 17.9 Å². The summed E-state index contributed by atoms with van der Waals surface area (Å²) >= 11 is 0. The van der Waals surface area contributed by atoms with Crippen LogP contribution < -0.4 is 0 Å². The minimum atomic E-state index is -1.43. The standard InChI is InChI=1S/C27H26O6/c1-2-3-14-19-22(25(28)29)20(15-17-10-6-4-7-11-17)21(16-18-12-8-5-9-13-18)24(27(32)33)23(19)26(30)31/h4-13H,2-3,14-16H2,1H3,(H,28,29)(H,30,31)(H,32,33). The molecule has 0 bridgehead atoms. The largest absolute Gasteiger partial charge is 0.478 e. The number of carbonyl (C=O) groups is 3. The number of unbranched alkanes of at least 4 members (excludes halogenated alkanes) is 1. The molecule has 0 aromatic heterocycles. The van der Waals surface area contributed by atoms with Gasteiger partial charge < -0.3 is 15.3 Å². The van der Waals surface area contributed by atoms with Crippen molar-refractivity contribution in [2.45, 2.75) is 39.0 Å². The van der Waals surface area contributed by atoms with Crippen LogP contribution in [0.5, 0.6) is 0 Å². The Morgan fingerprint density at radius 1 is 0.606 bits per heavy atom. The molecule has 0 aliphatic heterocycles. The van der Waals surface area contributed by atoms with E-state index in [1.165, 1.54) is 0 Å². The molecule has 0 heterocycles. The quantitative estimate of drug-likeness (QED) is 0.389. The second-order valence-corrected chi connectivity index (χ2v) is 7.90. The fourth-order valence-electron chi connectivity index (χ4n) is 4.23. The van der Waals surface area contributed by atoms with Crippen LogP contribution in [-0.4, -0.2) is 33.2 Å². The molecule has 0 amide bonds. The Balaban J connectivity index is 2.43. The highest BCUT2D eigenvalue weighted by atomic mass is 16.4. The van der Waals surface area contributed by atoms with Crippen molar-refractivity contribution in [3.8, 4) is 0 Å². The number of carboxylic acid groups (broad SMARTS) is 3. The predicted molar refractivity (Wildman–Crippen MR) is 124 cm³/mol. The van der Waals surface area contributed by atoms with Gasteiger partial charge in [-0.05, 0) is 53.5 Å². The van der Waals surface area contributed by atoms with Crippen LogP contribution >= 0.6 is 0 Å². The van der Waals surface area contributed by atoms with Gasteiger partial charge >= 0.3 is 17.9 Å². The van der Waals surface area contributed by atoms with Crippen molar-refractivity contribution in [2.24, 2.45) is 0 Å². The molecule has 3 N–H and O–H groups in total. The SMILES string of the molecule is CCCCc1c(C(=O)O)c(Cc2ccccc2)c(Cc2ccccc2)c(C(=O)O)c1C(=O)O. The van der Waals surface area contributed by atoms with Gasteiger partial charge in [0, 0.05) is 0 Å². The Morgan fingerprint density at radius 2 is 1.00 bits per heavy atom. The Hall–Kier alpha value is -3.93. The number of carboxylic acids is 3. The second kappa shape index (κ2) is 10.6. The van der Waals surface area contributed by atoms with Crippen LogP contribution in [0.4, 0.5) is 0 Å². The topological polar surface area (TPSA) is 112 Å². The van der Waals surface area contributed by atoms with E-state index in [1.54, 1.807) is 12.1 Å². The Bertz CT molecular complexity index is 1170. The molecule has 0 aliphatic rings. The summed E-state index contributed by atoms with van der Waals surface area (Å²) in [5.74, 6) is -4.05. The van der Waals surface area contributed by atoms with Crippen LogP contribution in [0, 0.1) is 0 Å². The van der Waals surface area contributed by atoms with Gasteiger partial charge in [0.25, 0.3) is 0 Å². The van der Waals surface area contributed by atoms with E-state index in [1.807, 2.05) is 55.5 Å². The molecule has 6 nitrogen and oxygen atoms in total. The van der Waals surface area contributed by atoms with Gasteiger partial charge in [0.2, 0.25) is 0 Å². The van der Waals surface area contributed by atoms with Gasteiger partial charge in [0.05, 0.1) is 16.7 Å². The molecule has 3 aromatic rings. The summed E-state index contributed by atoms with van der Waals surface area (Å²) in [5, 5.41) is 30.4. The van der Waals surface area contributed by atoms with Crippen LogP contribution in [0.1, 0.15) is 78.7 Å². The average molecular weight is 446 g/mol. The van der Waals surface area contributed by atoms with Crippen molar-refractivity contribution < 1.29 is 29.7 Å². The first kappa shape index (κ1) is 23.7. The van der Waals surface area contributed by atoms with Crippen LogP contribution in [0.3, 0.4) is 0 Å². The molecular weight excluding hydrogens is 420 g/mol. The molecule has 0 aliphatic carbocycles. The second-order valence-electron chi connectivity index (χ2n) is 7.90. The molecule has 0 unspecified atom stereocenters. The van der Waals surface area contributed by atoms with E-state index in [4.69, 9.17) is 0 Å². The highest BCUT2D eigenvalue weighted by Gasteiger charge is 2.32. The Labute approximate surface area is 192 Å². The molecule has 0 saturated carbocycles. The zero-order valence-electron chi connectivity index (χ0n) is 18.4. The number of rotatable bonds is 10. The summed E-state index contributed by atoms with van der Waals surface area (Å²) in [5.41, 5.74) is 1.40. The maximum absolute atomic E-state index is 12.5. The van der Waals surface area contributed by atoms with Gasteiger partial charge in [-0.25, -0.2) is 14.4 Å². The van der Waals surface area contributed by atoms with Crippen molar-refractivity contribution in [1.29, 1.82) is 0 Å². The molecule has 0 saturated heterocycles. The van der Waals surface area contributed by atoms with E-state index in [9.17, 15) is 29.7 Å². The van der Waals surface area contributed by atoms with E-state index in [-0.39, 0.29) is 41.5 Å². The summed E-state index contributed by atoms with van der Waals surface area (Å²) in [6.45, 7) is 1.91. The third kappa shape index (κ3) is 5.29. The first-order chi connectivity index (χ1) is 15.8. The number of benzene rings is 3. The minimum Gasteiger partial charge on any atom is -0.478 e. The fourth-order valence-corrected chi connectivity index (χ4v) is 4.23. The van der Waals surface area contributed by atoms with Crippen LogP contribution in [-0.2, 0) is 19.3 Å². The van der Waals surface area contributed by atoms with Gasteiger partial charge in [0.1, 0.15) is 0 Å².